The van der Waals surface area contributed by atoms with Gasteiger partial charge < -0.3 is 4.74 Å². The van der Waals surface area contributed by atoms with Crippen LogP contribution < -0.4 is 0 Å². The van der Waals surface area contributed by atoms with Gasteiger partial charge in [-0.05, 0) is 18.8 Å². The van der Waals surface area contributed by atoms with E-state index in [1.807, 2.05) is 0 Å². The van der Waals surface area contributed by atoms with Crippen molar-refractivity contribution >= 4 is 22.6 Å². The fraction of sp³-hybridized carbons (Fsp3) is 1.00. The quantitative estimate of drug-likeness (QED) is 0.440. The molecule has 4 heteroatoms. The van der Waals surface area contributed by atoms with Gasteiger partial charge in [-0.15, -0.1) is 0 Å². The Morgan fingerprint density at radius 2 is 2.13 bits per heavy atom. The minimum Gasteiger partial charge on any atom is -0.357 e. The Labute approximate surface area is 107 Å². The first-order valence-electron chi connectivity index (χ1n) is 5.66. The van der Waals surface area contributed by atoms with Crippen LogP contribution in [0.3, 0.4) is 0 Å². The molecule has 1 heterocycles. The molecule has 0 aromatic carbocycles. The highest BCUT2D eigenvalue weighted by atomic mass is 127. The molecule has 15 heavy (non-hydrogen) atoms. The van der Waals surface area contributed by atoms with E-state index in [1.54, 1.807) is 7.11 Å². The molecule has 0 amide bonds. The van der Waals surface area contributed by atoms with Gasteiger partial charge in [-0.3, -0.25) is 4.84 Å². The summed E-state index contributed by atoms with van der Waals surface area (Å²) in [7, 11) is 1.67. The first-order chi connectivity index (χ1) is 7.20. The average Bonchev–Trinajstić information content (AvgIpc) is 2.25. The maximum atomic E-state index is 5.72. The largest absolute Gasteiger partial charge is 0.357 e. The molecular formula is C11H22INO2. The van der Waals surface area contributed by atoms with Gasteiger partial charge in [-0.1, -0.05) is 42.9 Å². The highest BCUT2D eigenvalue weighted by molar-refractivity contribution is 14.1. The lowest BCUT2D eigenvalue weighted by atomic mass is 9.91. The van der Waals surface area contributed by atoms with Crippen LogP contribution in [0.4, 0.5) is 0 Å². The Balaban J connectivity index is 2.58. The summed E-state index contributed by atoms with van der Waals surface area (Å²) in [5.41, 5.74) is 0. The zero-order chi connectivity index (χ0) is 11.3. The Morgan fingerprint density at radius 3 is 2.67 bits per heavy atom. The number of halogens is 1. The Morgan fingerprint density at radius 1 is 1.40 bits per heavy atom. The van der Waals surface area contributed by atoms with E-state index in [0.717, 1.165) is 4.43 Å². The molecular weight excluding hydrogens is 305 g/mol. The first kappa shape index (κ1) is 13.7. The van der Waals surface area contributed by atoms with E-state index < -0.39 is 0 Å². The van der Waals surface area contributed by atoms with Gasteiger partial charge in [-0.2, -0.15) is 5.06 Å². The monoisotopic (exact) mass is 327 g/mol. The highest BCUT2D eigenvalue weighted by Crippen LogP contribution is 2.28. The van der Waals surface area contributed by atoms with E-state index >= 15 is 0 Å². The second-order valence-corrected chi connectivity index (χ2v) is 5.33. The summed E-state index contributed by atoms with van der Waals surface area (Å²) in [4.78, 5) is 5.72. The molecule has 1 fully saturated rings. The van der Waals surface area contributed by atoms with E-state index in [1.165, 1.54) is 19.3 Å². The number of methoxy groups -OCH3 is 1. The van der Waals surface area contributed by atoms with Crippen LogP contribution in [0.1, 0.15) is 33.1 Å². The van der Waals surface area contributed by atoms with Gasteiger partial charge in [-0.25, -0.2) is 0 Å². The van der Waals surface area contributed by atoms with Crippen molar-refractivity contribution in [1.82, 2.24) is 5.06 Å². The number of hydroxylamine groups is 2. The number of rotatable bonds is 5. The van der Waals surface area contributed by atoms with Crippen molar-refractivity contribution in [1.29, 1.82) is 0 Å². The first-order valence-corrected chi connectivity index (χ1v) is 7.19. The smallest absolute Gasteiger partial charge is 0.166 e. The van der Waals surface area contributed by atoms with Crippen molar-refractivity contribution in [2.75, 3.05) is 18.3 Å². The summed E-state index contributed by atoms with van der Waals surface area (Å²) in [6, 6.07) is 1.11. The molecule has 1 saturated heterocycles. The van der Waals surface area contributed by atoms with Gasteiger partial charge in [0.15, 0.2) is 6.79 Å². The van der Waals surface area contributed by atoms with Crippen LogP contribution >= 0.6 is 22.6 Å². The van der Waals surface area contributed by atoms with Crippen LogP contribution in [0.25, 0.3) is 0 Å². The zero-order valence-electron chi connectivity index (χ0n) is 9.91. The van der Waals surface area contributed by atoms with Gasteiger partial charge in [0.1, 0.15) is 0 Å². The fourth-order valence-corrected chi connectivity index (χ4v) is 3.00. The van der Waals surface area contributed by atoms with Crippen LogP contribution in [0.15, 0.2) is 0 Å². The van der Waals surface area contributed by atoms with Crippen molar-refractivity contribution < 1.29 is 9.57 Å². The second kappa shape index (κ2) is 7.04. The van der Waals surface area contributed by atoms with Crippen LogP contribution in [-0.2, 0) is 9.57 Å². The molecule has 3 nitrogen and oxygen atoms in total. The molecule has 0 aromatic heterocycles. The van der Waals surface area contributed by atoms with E-state index in [-0.39, 0.29) is 0 Å². The zero-order valence-corrected chi connectivity index (χ0v) is 12.1. The molecule has 2 atom stereocenters. The third-order valence-electron chi connectivity index (χ3n) is 2.99. The summed E-state index contributed by atoms with van der Waals surface area (Å²) in [5.74, 6) is 0.646. The molecule has 1 rings (SSSR count). The van der Waals surface area contributed by atoms with Crippen molar-refractivity contribution in [2.45, 2.75) is 45.2 Å². The number of alkyl halides is 1. The summed E-state index contributed by atoms with van der Waals surface area (Å²) < 4.78 is 6.13. The summed E-state index contributed by atoms with van der Waals surface area (Å²) in [6.07, 6.45) is 3.81. The summed E-state index contributed by atoms with van der Waals surface area (Å²) in [5, 5.41) is 2.18. The minimum atomic E-state index is 0.371. The third-order valence-corrected chi connectivity index (χ3v) is 4.01. The van der Waals surface area contributed by atoms with Gasteiger partial charge in [0, 0.05) is 23.6 Å². The average molecular weight is 327 g/mol. The molecule has 0 bridgehead atoms. The number of hydrogen-bond donors (Lipinski definition) is 0. The van der Waals surface area contributed by atoms with Gasteiger partial charge in [0.25, 0.3) is 0 Å². The van der Waals surface area contributed by atoms with E-state index in [2.05, 4.69) is 41.5 Å². The van der Waals surface area contributed by atoms with Crippen molar-refractivity contribution in [2.24, 2.45) is 5.92 Å². The number of hydrogen-bond acceptors (Lipinski definition) is 3. The van der Waals surface area contributed by atoms with Crippen molar-refractivity contribution in [3.05, 3.63) is 0 Å². The lowest BCUT2D eigenvalue weighted by Gasteiger charge is -2.42. The van der Waals surface area contributed by atoms with Crippen LogP contribution in [0.5, 0.6) is 0 Å². The summed E-state index contributed by atoms with van der Waals surface area (Å²) in [6.45, 7) is 4.91. The topological polar surface area (TPSA) is 21.7 Å². The predicted octanol–water partition coefficient (Wildman–Crippen LogP) is 2.84. The van der Waals surface area contributed by atoms with E-state index in [0.29, 0.717) is 24.8 Å². The van der Waals surface area contributed by atoms with Crippen LogP contribution in [-0.4, -0.2) is 35.5 Å². The van der Waals surface area contributed by atoms with Crippen molar-refractivity contribution in [3.63, 3.8) is 0 Å². The molecule has 1 aliphatic rings. The fourth-order valence-electron chi connectivity index (χ4n) is 2.17. The summed E-state index contributed by atoms with van der Waals surface area (Å²) >= 11 is 2.44. The highest BCUT2D eigenvalue weighted by Gasteiger charge is 2.32. The molecule has 0 radical (unpaired) electrons. The molecule has 0 aliphatic carbocycles. The van der Waals surface area contributed by atoms with E-state index in [9.17, 15) is 0 Å². The standard InChI is InChI=1S/C11H22INO2/c1-9(2)11-6-4-5-10(7-12)13(11)15-8-14-3/h9-11H,4-8H2,1-3H3/t10-,11-/m1/s1. The van der Waals surface area contributed by atoms with Gasteiger partial charge in [0.2, 0.25) is 0 Å². The predicted molar refractivity (Wildman–Crippen MR) is 70.0 cm³/mol. The molecule has 90 valence electrons. The molecule has 1 aliphatic heterocycles. The molecule has 0 spiro atoms. The Bertz CT molecular complexity index is 178. The molecule has 0 unspecified atom stereocenters. The van der Waals surface area contributed by atoms with Crippen molar-refractivity contribution in [3.8, 4) is 0 Å². The maximum Gasteiger partial charge on any atom is 0.166 e. The molecule has 0 aromatic rings. The Kier molecular flexibility index (Phi) is 6.42. The second-order valence-electron chi connectivity index (χ2n) is 4.45. The minimum absolute atomic E-state index is 0.371. The number of piperidine rings is 1. The van der Waals surface area contributed by atoms with E-state index in [4.69, 9.17) is 9.57 Å². The molecule has 0 saturated carbocycles. The maximum absolute atomic E-state index is 5.72. The number of ether oxygens (including phenoxy) is 1. The number of nitrogens with zero attached hydrogens (tertiary/aromatic N) is 1. The third kappa shape index (κ3) is 3.84. The SMILES string of the molecule is COCON1[C@@H](CI)CCC[C@@H]1C(C)C. The van der Waals surface area contributed by atoms with Gasteiger partial charge >= 0.3 is 0 Å². The lowest BCUT2D eigenvalue weighted by Crippen LogP contribution is -2.49. The van der Waals surface area contributed by atoms with Gasteiger partial charge in [0.05, 0.1) is 0 Å². The van der Waals surface area contributed by atoms with Crippen LogP contribution in [0, 0.1) is 5.92 Å². The normalized spacial score (nSPS) is 28.6. The Hall–Kier alpha value is 0.610. The molecule has 0 N–H and O–H groups in total. The van der Waals surface area contributed by atoms with Crippen LogP contribution in [0.2, 0.25) is 0 Å². The lowest BCUT2D eigenvalue weighted by molar-refractivity contribution is -0.270.